The minimum Gasteiger partial charge on any atom is -0.400 e. The van der Waals surface area contributed by atoms with Crippen LogP contribution in [0.2, 0.25) is 0 Å². The molecule has 1 saturated carbocycles. The molecule has 1 rings (SSSR count). The molecule has 34 heavy (non-hydrogen) atoms. The summed E-state index contributed by atoms with van der Waals surface area (Å²) >= 11 is 0. The summed E-state index contributed by atoms with van der Waals surface area (Å²) < 4.78 is 0. The molecule has 0 aromatic rings. The van der Waals surface area contributed by atoms with Crippen LogP contribution in [0.1, 0.15) is 120 Å². The summed E-state index contributed by atoms with van der Waals surface area (Å²) in [4.78, 5) is 23.4. The Morgan fingerprint density at radius 3 is 1.88 bits per heavy atom. The van der Waals surface area contributed by atoms with Crippen LogP contribution in [0.15, 0.2) is 48.6 Å². The van der Waals surface area contributed by atoms with Crippen molar-refractivity contribution in [3.05, 3.63) is 48.6 Å². The van der Waals surface area contributed by atoms with E-state index in [0.717, 1.165) is 57.5 Å². The smallest absolute Gasteiger partial charge is 0.225 e. The van der Waals surface area contributed by atoms with Gasteiger partial charge < -0.3 is 15.2 Å². The zero-order valence-corrected chi connectivity index (χ0v) is 24.4. The number of aldehydes is 1. The molecule has 0 unspecified atom stereocenters. The van der Waals surface area contributed by atoms with E-state index in [1.54, 1.807) is 6.08 Å². The van der Waals surface area contributed by atoms with Crippen molar-refractivity contribution in [2.24, 2.45) is 0 Å². The standard InChI is InChI=1S/C16H25NO2.C7H12.3C2H6.CH4O/c1-3-5-9-14(4-2)12-15(19)17-16(13-18)10-7-6-8-11-16;1-3-5-7-6-4-2;4*1-2/h4-5,9,13H,3,6-8,10-12H2,1-2H3,(H,17,19);3,5,7H,1,4,6H2,2H3;3*1-2H3;2H,1H3/b9-5-,14-4+;7-5-;;;;. The normalized spacial score (nSPS) is 13.6. The van der Waals surface area contributed by atoms with E-state index in [1.165, 1.54) is 12.8 Å². The predicted octanol–water partition coefficient (Wildman–Crippen LogP) is 8.52. The lowest BCUT2D eigenvalue weighted by Crippen LogP contribution is -2.51. The van der Waals surface area contributed by atoms with Crippen LogP contribution in [0.25, 0.3) is 0 Å². The van der Waals surface area contributed by atoms with Crippen molar-refractivity contribution >= 4 is 12.2 Å². The van der Waals surface area contributed by atoms with Gasteiger partial charge in [0.25, 0.3) is 0 Å². The number of rotatable bonds is 9. The van der Waals surface area contributed by atoms with Crippen molar-refractivity contribution in [2.45, 2.75) is 126 Å². The molecule has 4 heteroatoms. The van der Waals surface area contributed by atoms with E-state index in [1.807, 2.05) is 72.8 Å². The number of allylic oxidation sites excluding steroid dienone is 6. The Morgan fingerprint density at radius 2 is 1.50 bits per heavy atom. The van der Waals surface area contributed by atoms with Gasteiger partial charge in [-0.2, -0.15) is 0 Å². The minimum absolute atomic E-state index is 0.0529. The first-order valence-corrected chi connectivity index (χ1v) is 13.4. The van der Waals surface area contributed by atoms with Crippen molar-refractivity contribution in [1.29, 1.82) is 0 Å². The molecule has 0 saturated heterocycles. The van der Waals surface area contributed by atoms with E-state index in [4.69, 9.17) is 5.11 Å². The number of hydrogen-bond acceptors (Lipinski definition) is 3. The number of carbonyl (C=O) groups excluding carboxylic acids is 2. The van der Waals surface area contributed by atoms with Crippen LogP contribution < -0.4 is 5.32 Å². The Kier molecular flexibility index (Phi) is 47.6. The van der Waals surface area contributed by atoms with Crippen molar-refractivity contribution in [2.75, 3.05) is 7.11 Å². The summed E-state index contributed by atoms with van der Waals surface area (Å²) in [7, 11) is 1.00. The maximum atomic E-state index is 12.1. The van der Waals surface area contributed by atoms with Gasteiger partial charge in [-0.15, -0.1) is 0 Å². The summed E-state index contributed by atoms with van der Waals surface area (Å²) in [5, 5.41) is 9.94. The Morgan fingerprint density at radius 1 is 0.971 bits per heavy atom. The van der Waals surface area contributed by atoms with Gasteiger partial charge in [-0.05, 0) is 38.2 Å². The summed E-state index contributed by atoms with van der Waals surface area (Å²) in [6.07, 6.45) is 21.2. The second kappa shape index (κ2) is 38.3. The van der Waals surface area contributed by atoms with E-state index in [2.05, 4.69) is 31.8 Å². The third-order valence-electron chi connectivity index (χ3n) is 4.39. The SMILES string of the molecule is C/C=C(\C=C/CC)CC(=O)NC1(C=O)CCCCC1.C=C/C=C\CCC.CC.CC.CC.CO. The first-order chi connectivity index (χ1) is 16.6. The van der Waals surface area contributed by atoms with Gasteiger partial charge in [-0.25, -0.2) is 0 Å². The number of carbonyl (C=O) groups is 2. The summed E-state index contributed by atoms with van der Waals surface area (Å²) in [6.45, 7) is 21.7. The average molecular weight is 482 g/mol. The highest BCUT2D eigenvalue weighted by Gasteiger charge is 2.32. The molecule has 0 spiro atoms. The highest BCUT2D eigenvalue weighted by Crippen LogP contribution is 2.26. The monoisotopic (exact) mass is 481 g/mol. The van der Waals surface area contributed by atoms with Crippen LogP contribution in [0, 0.1) is 0 Å². The van der Waals surface area contributed by atoms with Crippen LogP contribution in [0.5, 0.6) is 0 Å². The fourth-order valence-electron chi connectivity index (χ4n) is 2.85. The highest BCUT2D eigenvalue weighted by molar-refractivity contribution is 5.84. The number of amides is 1. The minimum atomic E-state index is -0.608. The maximum absolute atomic E-state index is 12.1. The van der Waals surface area contributed by atoms with Crippen LogP contribution >= 0.6 is 0 Å². The van der Waals surface area contributed by atoms with Gasteiger partial charge in [-0.3, -0.25) is 4.79 Å². The van der Waals surface area contributed by atoms with Gasteiger partial charge in [0.2, 0.25) is 5.91 Å². The average Bonchev–Trinajstić information content (AvgIpc) is 2.92. The fourth-order valence-corrected chi connectivity index (χ4v) is 2.85. The zero-order valence-electron chi connectivity index (χ0n) is 24.4. The molecule has 1 aliphatic rings. The van der Waals surface area contributed by atoms with Gasteiger partial charge in [0.05, 0.1) is 12.0 Å². The molecule has 1 aliphatic carbocycles. The summed E-state index contributed by atoms with van der Waals surface area (Å²) in [5.41, 5.74) is 0.388. The molecule has 1 amide bonds. The summed E-state index contributed by atoms with van der Waals surface area (Å²) in [5.74, 6) is -0.0529. The molecule has 0 aromatic carbocycles. The molecular formula is C30H59NO3. The van der Waals surface area contributed by atoms with E-state index < -0.39 is 5.54 Å². The Labute approximate surface area is 213 Å². The van der Waals surface area contributed by atoms with Crippen molar-refractivity contribution in [3.63, 3.8) is 0 Å². The first-order valence-electron chi connectivity index (χ1n) is 13.4. The Balaban J connectivity index is -0.000000156. The molecule has 0 heterocycles. The first kappa shape index (κ1) is 42.2. The maximum Gasteiger partial charge on any atom is 0.225 e. The molecular weight excluding hydrogens is 422 g/mol. The molecule has 0 radical (unpaired) electrons. The van der Waals surface area contributed by atoms with E-state index in [-0.39, 0.29) is 5.91 Å². The van der Waals surface area contributed by atoms with E-state index in [9.17, 15) is 9.59 Å². The summed E-state index contributed by atoms with van der Waals surface area (Å²) in [6, 6.07) is 0. The molecule has 1 fully saturated rings. The fraction of sp³-hybridized carbons (Fsp3) is 0.667. The van der Waals surface area contributed by atoms with Gasteiger partial charge in [0.1, 0.15) is 6.29 Å². The molecule has 0 aliphatic heterocycles. The van der Waals surface area contributed by atoms with Crippen molar-refractivity contribution in [1.82, 2.24) is 5.32 Å². The molecule has 0 aromatic heterocycles. The van der Waals surface area contributed by atoms with Gasteiger partial charge in [0.15, 0.2) is 0 Å². The Hall–Kier alpha value is -1.94. The van der Waals surface area contributed by atoms with E-state index in [0.29, 0.717) is 6.42 Å². The van der Waals surface area contributed by atoms with E-state index >= 15 is 0 Å². The molecule has 0 bridgehead atoms. The molecule has 4 nitrogen and oxygen atoms in total. The second-order valence-electron chi connectivity index (χ2n) is 6.69. The number of aliphatic hydroxyl groups is 1. The number of unbranched alkanes of at least 4 members (excludes halogenated alkanes) is 1. The molecule has 0 atom stereocenters. The predicted molar refractivity (Wildman–Crippen MR) is 154 cm³/mol. The Bertz CT molecular complexity index is 499. The van der Waals surface area contributed by atoms with Crippen molar-refractivity contribution in [3.8, 4) is 0 Å². The van der Waals surface area contributed by atoms with Gasteiger partial charge >= 0.3 is 0 Å². The van der Waals surface area contributed by atoms with Crippen LogP contribution in [0.4, 0.5) is 0 Å². The quantitative estimate of drug-likeness (QED) is 0.256. The second-order valence-corrected chi connectivity index (χ2v) is 6.69. The number of aliphatic hydroxyl groups excluding tert-OH is 1. The van der Waals surface area contributed by atoms with Crippen LogP contribution in [-0.4, -0.2) is 29.9 Å². The largest absolute Gasteiger partial charge is 0.400 e. The number of nitrogens with one attached hydrogen (secondary N) is 1. The van der Waals surface area contributed by atoms with Gasteiger partial charge in [0, 0.05) is 7.11 Å². The van der Waals surface area contributed by atoms with Crippen LogP contribution in [0.3, 0.4) is 0 Å². The lowest BCUT2D eigenvalue weighted by atomic mass is 9.82. The van der Waals surface area contributed by atoms with Crippen LogP contribution in [-0.2, 0) is 9.59 Å². The topological polar surface area (TPSA) is 66.4 Å². The van der Waals surface area contributed by atoms with Gasteiger partial charge in [-0.1, -0.05) is 124 Å². The third kappa shape index (κ3) is 28.1. The lowest BCUT2D eigenvalue weighted by Gasteiger charge is -2.33. The lowest BCUT2D eigenvalue weighted by molar-refractivity contribution is -0.127. The molecule has 202 valence electrons. The van der Waals surface area contributed by atoms with Crippen molar-refractivity contribution < 1.29 is 14.7 Å². The number of hydrogen-bond donors (Lipinski definition) is 2. The molecule has 2 N–H and O–H groups in total. The highest BCUT2D eigenvalue weighted by atomic mass is 16.2. The third-order valence-corrected chi connectivity index (χ3v) is 4.39. The zero-order chi connectivity index (χ0) is 27.7.